The summed E-state index contributed by atoms with van der Waals surface area (Å²) in [7, 11) is 1.19. The van der Waals surface area contributed by atoms with Gasteiger partial charge in [0.2, 0.25) is 11.8 Å². The summed E-state index contributed by atoms with van der Waals surface area (Å²) in [5.41, 5.74) is 0.626. The fraction of sp³-hybridized carbons (Fsp3) is 0.315. The van der Waals surface area contributed by atoms with Gasteiger partial charge < -0.3 is 40.2 Å². The van der Waals surface area contributed by atoms with Gasteiger partial charge in [-0.25, -0.2) is 14.5 Å². The molecule has 3 aliphatic heterocycles. The molecule has 69 heavy (non-hydrogen) atoms. The van der Waals surface area contributed by atoms with Gasteiger partial charge in [0.25, 0.3) is 0 Å². The highest BCUT2D eigenvalue weighted by Crippen LogP contribution is 2.66. The highest BCUT2D eigenvalue weighted by atomic mass is 16.6. The lowest BCUT2D eigenvalue weighted by atomic mass is 9.65. The Hall–Kier alpha value is -7.35. The lowest BCUT2D eigenvalue weighted by Gasteiger charge is -2.46. The van der Waals surface area contributed by atoms with Gasteiger partial charge in [-0.15, -0.1) is 0 Å². The van der Waals surface area contributed by atoms with Crippen LogP contribution in [0.4, 0.5) is 10.5 Å². The molecular formula is C54H54N4O11. The van der Waals surface area contributed by atoms with E-state index in [1.807, 2.05) is 65.6 Å². The van der Waals surface area contributed by atoms with E-state index in [1.165, 1.54) is 13.2 Å². The van der Waals surface area contributed by atoms with E-state index in [2.05, 4.69) is 22.5 Å². The predicted molar refractivity (Wildman–Crippen MR) is 253 cm³/mol. The molecule has 15 heteroatoms. The first-order valence-corrected chi connectivity index (χ1v) is 22.8. The molecule has 3 aliphatic rings. The van der Waals surface area contributed by atoms with Gasteiger partial charge in [0, 0.05) is 18.5 Å². The summed E-state index contributed by atoms with van der Waals surface area (Å²) < 4.78 is 17.6. The van der Waals surface area contributed by atoms with E-state index in [1.54, 1.807) is 80.6 Å². The normalized spacial score (nSPS) is 22.4. The number of hydrogen-bond acceptors (Lipinski definition) is 12. The van der Waals surface area contributed by atoms with Crippen LogP contribution in [-0.2, 0) is 34.1 Å². The summed E-state index contributed by atoms with van der Waals surface area (Å²) in [5.74, 6) is 0.840. The monoisotopic (exact) mass is 934 g/mol. The number of ether oxygens (including phenoxy) is 3. The van der Waals surface area contributed by atoms with Crippen LogP contribution in [0.2, 0.25) is 0 Å². The zero-order valence-electron chi connectivity index (χ0n) is 38.4. The topological polar surface area (TPSA) is 204 Å². The first-order valence-electron chi connectivity index (χ1n) is 22.8. The van der Waals surface area contributed by atoms with Crippen LogP contribution in [0.3, 0.4) is 0 Å². The van der Waals surface area contributed by atoms with E-state index in [9.17, 15) is 20.1 Å². The second kappa shape index (κ2) is 20.9. The quantitative estimate of drug-likeness (QED) is 0.0720. The molecule has 8 atom stereocenters. The Morgan fingerprint density at radius 2 is 1.48 bits per heavy atom. The molecule has 0 saturated carbocycles. The van der Waals surface area contributed by atoms with Crippen LogP contribution < -0.4 is 20.3 Å². The Labute approximate surface area is 400 Å². The number of amides is 4. The smallest absolute Gasteiger partial charge is 0.329 e. The predicted octanol–water partition coefficient (Wildman–Crippen LogP) is 5.21. The fourth-order valence-corrected chi connectivity index (χ4v) is 10.1. The largest absolute Gasteiger partial charge is 0.491 e. The third kappa shape index (κ3) is 9.07. The van der Waals surface area contributed by atoms with Crippen molar-refractivity contribution >= 4 is 35.5 Å². The van der Waals surface area contributed by atoms with Crippen molar-refractivity contribution in [3.05, 3.63) is 167 Å². The van der Waals surface area contributed by atoms with Crippen LogP contribution in [-0.4, -0.2) is 95.6 Å². The van der Waals surface area contributed by atoms with Crippen molar-refractivity contribution in [1.29, 1.82) is 0 Å². The number of esters is 2. The van der Waals surface area contributed by atoms with E-state index in [-0.39, 0.29) is 44.0 Å². The lowest BCUT2D eigenvalue weighted by Crippen LogP contribution is -2.58. The van der Waals surface area contributed by atoms with Gasteiger partial charge in [0.05, 0.1) is 50.1 Å². The van der Waals surface area contributed by atoms with Crippen molar-refractivity contribution in [2.75, 3.05) is 38.4 Å². The van der Waals surface area contributed by atoms with E-state index in [0.29, 0.717) is 33.6 Å². The van der Waals surface area contributed by atoms with Crippen LogP contribution >= 0.6 is 0 Å². The number of nitrogens with one attached hydrogen (secondary N) is 2. The molecule has 0 aromatic heterocycles. The molecule has 3 heterocycles. The standard InChI is InChI=1S/C54H54N4O11/c1-33(2)44(50(63)67-3)56-53(66)57-41-26-25-34(16-13-14-27-59)30-40(41)54(52(57)65)43(49(62)55-32-42(61)35-17-7-4-8-18-35)46-51(64)69-47(37-21-11-6-12-22-37)45(36-19-9-5-10-20-36)58(46)48(54)38-23-15-24-39(31-38)68-29-28-60/h4-12,15,17-26,30-31,33,42-48,59-61H,14,27-29,32H2,1-3H3,(H,55,62)(H,56,66)/t42-,43-,44-,45-,46-,47+,48+,54-/m0/s1. The van der Waals surface area contributed by atoms with Crippen molar-refractivity contribution in [3.63, 3.8) is 0 Å². The number of aliphatic hydroxyl groups excluding tert-OH is 3. The van der Waals surface area contributed by atoms with E-state index >= 15 is 19.2 Å². The number of morpholine rings is 1. The number of cyclic esters (lactones) is 1. The van der Waals surface area contributed by atoms with Crippen LogP contribution in [0.1, 0.15) is 77.9 Å². The Morgan fingerprint density at radius 1 is 0.812 bits per heavy atom. The number of nitrogens with zero attached hydrogens (tertiary/aromatic N) is 2. The second-order valence-electron chi connectivity index (χ2n) is 17.4. The highest BCUT2D eigenvalue weighted by Gasteiger charge is 2.75. The van der Waals surface area contributed by atoms with Gasteiger partial charge in [0.15, 0.2) is 0 Å². The first-order chi connectivity index (χ1) is 33.5. The minimum Gasteiger partial charge on any atom is -0.491 e. The van der Waals surface area contributed by atoms with Gasteiger partial charge >= 0.3 is 18.0 Å². The average Bonchev–Trinajstić information content (AvgIpc) is 3.83. The summed E-state index contributed by atoms with van der Waals surface area (Å²) in [6.45, 7) is 2.50. The zero-order valence-corrected chi connectivity index (χ0v) is 38.4. The van der Waals surface area contributed by atoms with Gasteiger partial charge in [-0.1, -0.05) is 129 Å². The van der Waals surface area contributed by atoms with Crippen molar-refractivity contribution in [2.24, 2.45) is 11.8 Å². The molecule has 1 spiro atoms. The summed E-state index contributed by atoms with van der Waals surface area (Å²) in [6.07, 6.45) is -2.07. The molecule has 5 aromatic rings. The molecule has 0 radical (unpaired) electrons. The van der Waals surface area contributed by atoms with Crippen LogP contribution in [0.15, 0.2) is 133 Å². The molecular weight excluding hydrogens is 881 g/mol. The summed E-state index contributed by atoms with van der Waals surface area (Å²) >= 11 is 0. The number of rotatable bonds is 14. The summed E-state index contributed by atoms with van der Waals surface area (Å²) in [5, 5.41) is 36.5. The van der Waals surface area contributed by atoms with Gasteiger partial charge in [0.1, 0.15) is 36.0 Å². The summed E-state index contributed by atoms with van der Waals surface area (Å²) in [6, 6.07) is 32.8. The molecule has 8 rings (SSSR count). The zero-order chi connectivity index (χ0) is 48.8. The molecule has 2 saturated heterocycles. The molecule has 0 aliphatic carbocycles. The number of imide groups is 1. The maximum absolute atomic E-state index is 16.6. The number of anilines is 1. The Bertz CT molecular complexity index is 2740. The number of methoxy groups -OCH3 is 1. The number of benzene rings is 5. The maximum Gasteiger partial charge on any atom is 0.329 e. The molecule has 0 bridgehead atoms. The van der Waals surface area contributed by atoms with Crippen LogP contribution in [0.5, 0.6) is 5.75 Å². The van der Waals surface area contributed by atoms with Gasteiger partial charge in [-0.2, -0.15) is 0 Å². The van der Waals surface area contributed by atoms with Crippen molar-refractivity contribution in [2.45, 2.75) is 62.1 Å². The minimum atomic E-state index is -2.19. The van der Waals surface area contributed by atoms with E-state index in [0.717, 1.165) is 4.90 Å². The maximum atomic E-state index is 16.6. The molecule has 0 unspecified atom stereocenters. The van der Waals surface area contributed by atoms with Crippen LogP contribution in [0, 0.1) is 23.7 Å². The molecule has 2 fully saturated rings. The number of carbonyl (C=O) groups excluding carboxylic acids is 5. The fourth-order valence-electron chi connectivity index (χ4n) is 10.1. The highest BCUT2D eigenvalue weighted by molar-refractivity contribution is 6.25. The number of urea groups is 1. The number of aliphatic hydroxyl groups is 3. The van der Waals surface area contributed by atoms with Gasteiger partial charge in [-0.05, 0) is 64.1 Å². The van der Waals surface area contributed by atoms with Crippen molar-refractivity contribution in [3.8, 4) is 17.6 Å². The van der Waals surface area contributed by atoms with E-state index in [4.69, 9.17) is 14.2 Å². The van der Waals surface area contributed by atoms with E-state index < -0.39 is 83.4 Å². The number of hydrogen-bond donors (Lipinski definition) is 5. The van der Waals surface area contributed by atoms with Gasteiger partial charge in [-0.3, -0.25) is 19.3 Å². The molecule has 15 nitrogen and oxygen atoms in total. The minimum absolute atomic E-state index is 0.0569. The van der Waals surface area contributed by atoms with Crippen molar-refractivity contribution < 1.29 is 53.5 Å². The first kappa shape index (κ1) is 48.1. The summed E-state index contributed by atoms with van der Waals surface area (Å²) in [4.78, 5) is 78.6. The molecule has 5 N–H and O–H groups in total. The van der Waals surface area contributed by atoms with Crippen molar-refractivity contribution in [1.82, 2.24) is 15.5 Å². The Balaban J connectivity index is 1.45. The second-order valence-corrected chi connectivity index (χ2v) is 17.4. The third-order valence-corrected chi connectivity index (χ3v) is 13.0. The number of fused-ring (bicyclic) bond motifs is 3. The lowest BCUT2D eigenvalue weighted by molar-refractivity contribution is -0.178. The molecule has 5 aromatic carbocycles. The third-order valence-electron chi connectivity index (χ3n) is 13.0. The average molecular weight is 935 g/mol. The molecule has 4 amide bonds. The SMILES string of the molecule is COC(=O)[C@@H](NC(=O)N1C(=O)[C@@]2(c3cc(C#CCCO)ccc31)[C@H](C(=O)NC[C@H](O)c1ccccc1)[C@H]1C(=O)O[C@H](c3ccccc3)[C@H](c3ccccc3)N1[C@@H]2c1cccc(OCCO)c1)C(C)C. The Kier molecular flexibility index (Phi) is 14.6. The Morgan fingerprint density at radius 3 is 2.13 bits per heavy atom. The molecule has 356 valence electrons. The number of carbonyl (C=O) groups is 5. The van der Waals surface area contributed by atoms with Crippen LogP contribution in [0.25, 0.3) is 0 Å².